The molecule has 0 radical (unpaired) electrons. The monoisotopic (exact) mass is 427 g/mol. The van der Waals surface area contributed by atoms with E-state index in [0.29, 0.717) is 24.2 Å². The van der Waals surface area contributed by atoms with Crippen molar-refractivity contribution in [3.8, 4) is 0 Å². The summed E-state index contributed by atoms with van der Waals surface area (Å²) in [5.41, 5.74) is 8.16. The predicted octanol–water partition coefficient (Wildman–Crippen LogP) is 2.68. The Morgan fingerprint density at radius 1 is 0.933 bits per heavy atom. The van der Waals surface area contributed by atoms with Gasteiger partial charge in [-0.1, -0.05) is 56.3 Å². The molecule has 1 unspecified atom stereocenters. The van der Waals surface area contributed by atoms with Crippen LogP contribution in [0.3, 0.4) is 0 Å². The molecule has 4 rings (SSSR count). The highest BCUT2D eigenvalue weighted by Gasteiger charge is 2.46. The fourth-order valence-corrected chi connectivity index (χ4v) is 4.40. The molecular weight excluding hydrogens is 402 g/mol. The van der Waals surface area contributed by atoms with Crippen molar-refractivity contribution in [3.63, 3.8) is 0 Å². The zero-order valence-electron chi connectivity index (χ0n) is 17.0. The van der Waals surface area contributed by atoms with Crippen LogP contribution in [0.2, 0.25) is 0 Å². The minimum absolute atomic E-state index is 0. The van der Waals surface area contributed by atoms with E-state index in [4.69, 9.17) is 5.73 Å². The Morgan fingerprint density at radius 2 is 1.47 bits per heavy atom. The summed E-state index contributed by atoms with van der Waals surface area (Å²) in [5.74, 6) is -1.20. The topological polar surface area (TPSA) is 83.7 Å². The van der Waals surface area contributed by atoms with Crippen LogP contribution >= 0.6 is 12.4 Å². The number of likely N-dealkylation sites (tertiary alicyclic amines) is 1. The molecule has 0 spiro atoms. The fourth-order valence-electron chi connectivity index (χ4n) is 4.40. The van der Waals surface area contributed by atoms with Gasteiger partial charge in [-0.3, -0.25) is 19.3 Å². The maximum atomic E-state index is 13.5. The Bertz CT molecular complexity index is 928. The summed E-state index contributed by atoms with van der Waals surface area (Å²) >= 11 is 0. The first kappa shape index (κ1) is 22.0. The van der Waals surface area contributed by atoms with E-state index < -0.39 is 17.9 Å². The van der Waals surface area contributed by atoms with Gasteiger partial charge in [-0.05, 0) is 23.6 Å². The summed E-state index contributed by atoms with van der Waals surface area (Å²) in [4.78, 5) is 42.2. The molecule has 2 N–H and O–H groups in total. The summed E-state index contributed by atoms with van der Waals surface area (Å²) in [6, 6.07) is 15.6. The molecule has 2 aromatic carbocycles. The van der Waals surface area contributed by atoms with Gasteiger partial charge in [-0.25, -0.2) is 0 Å². The molecular formula is C23H26ClN3O3. The van der Waals surface area contributed by atoms with Crippen molar-refractivity contribution in [2.75, 3.05) is 13.1 Å². The van der Waals surface area contributed by atoms with Gasteiger partial charge in [0.15, 0.2) is 0 Å². The van der Waals surface area contributed by atoms with Gasteiger partial charge < -0.3 is 10.6 Å². The summed E-state index contributed by atoms with van der Waals surface area (Å²) in [6.07, 6.45) is 0. The third kappa shape index (κ3) is 3.61. The van der Waals surface area contributed by atoms with Gasteiger partial charge >= 0.3 is 0 Å². The van der Waals surface area contributed by atoms with E-state index in [1.165, 1.54) is 0 Å². The van der Waals surface area contributed by atoms with Crippen molar-refractivity contribution < 1.29 is 14.4 Å². The number of carbonyl (C=O) groups is 3. The van der Waals surface area contributed by atoms with Gasteiger partial charge in [0.1, 0.15) is 6.04 Å². The number of rotatable bonds is 4. The second kappa shape index (κ2) is 8.58. The molecule has 2 aromatic rings. The quantitative estimate of drug-likeness (QED) is 0.760. The molecule has 0 aliphatic carbocycles. The van der Waals surface area contributed by atoms with Crippen LogP contribution in [0.15, 0.2) is 54.6 Å². The maximum Gasteiger partial charge on any atom is 0.262 e. The predicted molar refractivity (Wildman–Crippen MR) is 117 cm³/mol. The highest BCUT2D eigenvalue weighted by molar-refractivity contribution is 6.22. The van der Waals surface area contributed by atoms with Crippen LogP contribution in [0, 0.1) is 5.92 Å². The highest BCUT2D eigenvalue weighted by atomic mass is 35.5. The average Bonchev–Trinajstić information content (AvgIpc) is 3.22. The van der Waals surface area contributed by atoms with E-state index in [2.05, 4.69) is 0 Å². The van der Waals surface area contributed by atoms with Crippen LogP contribution in [0.25, 0.3) is 0 Å². The van der Waals surface area contributed by atoms with Crippen molar-refractivity contribution in [2.24, 2.45) is 11.7 Å². The van der Waals surface area contributed by atoms with Crippen LogP contribution in [-0.4, -0.2) is 52.7 Å². The Labute approximate surface area is 182 Å². The number of nitrogens with two attached hydrogens (primary N) is 1. The summed E-state index contributed by atoms with van der Waals surface area (Å²) < 4.78 is 0. The van der Waals surface area contributed by atoms with Crippen LogP contribution in [0.4, 0.5) is 0 Å². The number of imide groups is 1. The minimum atomic E-state index is -0.843. The first-order valence-corrected chi connectivity index (χ1v) is 9.96. The highest BCUT2D eigenvalue weighted by Crippen LogP contribution is 2.31. The first-order chi connectivity index (χ1) is 13.9. The smallest absolute Gasteiger partial charge is 0.262 e. The third-order valence-electron chi connectivity index (χ3n) is 5.89. The molecule has 2 aliphatic heterocycles. The molecule has 1 saturated heterocycles. The van der Waals surface area contributed by atoms with E-state index in [-0.39, 0.29) is 36.2 Å². The molecule has 158 valence electrons. The van der Waals surface area contributed by atoms with Gasteiger partial charge in [0.25, 0.3) is 11.8 Å². The lowest BCUT2D eigenvalue weighted by Crippen LogP contribution is -2.53. The standard InChI is InChI=1S/C23H25N3O3.ClH/c1-14(2)20(26-21(27)16-10-6-7-11-17(16)22(26)28)23(29)25-12-18(19(24)13-25)15-8-4-3-5-9-15;/h3-11,14,18-20H,12-13,24H2,1-2H3;1H/t18-,19+,20?;/m0./s1. The van der Waals surface area contributed by atoms with E-state index in [1.807, 2.05) is 44.2 Å². The van der Waals surface area contributed by atoms with E-state index >= 15 is 0 Å². The van der Waals surface area contributed by atoms with E-state index in [9.17, 15) is 14.4 Å². The molecule has 0 aromatic heterocycles. The maximum absolute atomic E-state index is 13.5. The van der Waals surface area contributed by atoms with Gasteiger partial charge in [0.2, 0.25) is 5.91 Å². The number of benzene rings is 2. The summed E-state index contributed by atoms with van der Waals surface area (Å²) in [7, 11) is 0. The number of amides is 3. The normalized spacial score (nSPS) is 21.6. The van der Waals surface area contributed by atoms with Gasteiger partial charge in [-0.15, -0.1) is 12.4 Å². The number of hydrogen-bond donors (Lipinski definition) is 1. The van der Waals surface area contributed by atoms with Crippen LogP contribution in [0.1, 0.15) is 46.0 Å². The first-order valence-electron chi connectivity index (χ1n) is 9.96. The van der Waals surface area contributed by atoms with Crippen molar-refractivity contribution in [2.45, 2.75) is 31.8 Å². The summed E-state index contributed by atoms with van der Waals surface area (Å²) in [6.45, 7) is 4.61. The minimum Gasteiger partial charge on any atom is -0.339 e. The average molecular weight is 428 g/mol. The second-order valence-corrected chi connectivity index (χ2v) is 8.14. The number of halogens is 1. The molecule has 0 saturated carbocycles. The molecule has 6 nitrogen and oxygen atoms in total. The lowest BCUT2D eigenvalue weighted by Gasteiger charge is -2.32. The van der Waals surface area contributed by atoms with Crippen molar-refractivity contribution in [1.82, 2.24) is 9.80 Å². The second-order valence-electron chi connectivity index (χ2n) is 8.14. The molecule has 1 fully saturated rings. The molecule has 2 aliphatic rings. The fraction of sp³-hybridized carbons (Fsp3) is 0.348. The van der Waals surface area contributed by atoms with Crippen LogP contribution in [-0.2, 0) is 4.79 Å². The lowest BCUT2D eigenvalue weighted by molar-refractivity contribution is -0.135. The summed E-state index contributed by atoms with van der Waals surface area (Å²) in [5, 5.41) is 0. The molecule has 3 atom stereocenters. The zero-order valence-corrected chi connectivity index (χ0v) is 17.8. The lowest BCUT2D eigenvalue weighted by atomic mass is 9.95. The number of fused-ring (bicyclic) bond motifs is 1. The van der Waals surface area contributed by atoms with E-state index in [1.54, 1.807) is 29.2 Å². The molecule has 30 heavy (non-hydrogen) atoms. The van der Waals surface area contributed by atoms with Gasteiger partial charge in [0.05, 0.1) is 11.1 Å². The third-order valence-corrected chi connectivity index (χ3v) is 5.89. The van der Waals surface area contributed by atoms with Crippen molar-refractivity contribution >= 4 is 30.1 Å². The SMILES string of the molecule is CC(C)C(C(=O)N1C[C@@H](N)[C@H](c2ccccc2)C1)N1C(=O)c2ccccc2C1=O.Cl. The molecule has 2 heterocycles. The Morgan fingerprint density at radius 3 is 2.00 bits per heavy atom. The molecule has 3 amide bonds. The zero-order chi connectivity index (χ0) is 20.7. The number of carbonyl (C=O) groups excluding carboxylic acids is 3. The van der Waals surface area contributed by atoms with Crippen molar-refractivity contribution in [3.05, 3.63) is 71.3 Å². The van der Waals surface area contributed by atoms with Gasteiger partial charge in [-0.2, -0.15) is 0 Å². The van der Waals surface area contributed by atoms with Gasteiger partial charge in [0, 0.05) is 25.0 Å². The van der Waals surface area contributed by atoms with E-state index in [0.717, 1.165) is 10.5 Å². The van der Waals surface area contributed by atoms with Crippen LogP contribution in [0.5, 0.6) is 0 Å². The Balaban J connectivity index is 0.00000256. The Kier molecular flexibility index (Phi) is 6.29. The number of nitrogens with zero attached hydrogens (tertiary/aromatic N) is 2. The number of hydrogen-bond acceptors (Lipinski definition) is 4. The van der Waals surface area contributed by atoms with Crippen molar-refractivity contribution in [1.29, 1.82) is 0 Å². The Hall–Kier alpha value is -2.70. The van der Waals surface area contributed by atoms with Crippen LogP contribution < -0.4 is 5.73 Å². The largest absolute Gasteiger partial charge is 0.339 e. The molecule has 0 bridgehead atoms. The molecule has 7 heteroatoms.